The van der Waals surface area contributed by atoms with Gasteiger partial charge in [-0.05, 0) is 29.8 Å². The molecular formula is C19H15F2N7O3. The zero-order chi connectivity index (χ0) is 21.8. The molecule has 0 atom stereocenters. The zero-order valence-corrected chi connectivity index (χ0v) is 15.8. The second kappa shape index (κ2) is 8.65. The number of hydrogen-bond donors (Lipinski definition) is 2. The summed E-state index contributed by atoms with van der Waals surface area (Å²) in [6.07, 6.45) is -0.570. The number of rotatable bonds is 7. The van der Waals surface area contributed by atoms with Gasteiger partial charge in [-0.2, -0.15) is 8.78 Å². The molecule has 0 spiro atoms. The van der Waals surface area contributed by atoms with Crippen LogP contribution in [0.3, 0.4) is 0 Å². The molecule has 4 aromatic rings. The normalized spacial score (nSPS) is 11.1. The molecule has 31 heavy (non-hydrogen) atoms. The Bertz CT molecular complexity index is 1170. The van der Waals surface area contributed by atoms with Crippen LogP contribution in [0.25, 0.3) is 22.7 Å². The van der Waals surface area contributed by atoms with Gasteiger partial charge in [0, 0.05) is 17.3 Å². The van der Waals surface area contributed by atoms with Crippen molar-refractivity contribution >= 4 is 6.09 Å². The summed E-state index contributed by atoms with van der Waals surface area (Å²) in [5.74, 6) is -0.686. The van der Waals surface area contributed by atoms with Crippen molar-refractivity contribution in [1.29, 1.82) is 0 Å². The van der Waals surface area contributed by atoms with Crippen molar-refractivity contribution in [1.82, 2.24) is 35.5 Å². The molecule has 0 aliphatic heterocycles. The summed E-state index contributed by atoms with van der Waals surface area (Å²) in [5, 5.41) is 26.0. The minimum absolute atomic E-state index is 0.0272. The van der Waals surface area contributed by atoms with E-state index in [2.05, 4.69) is 30.8 Å². The Morgan fingerprint density at radius 2 is 1.87 bits per heavy atom. The Hall–Kier alpha value is -4.22. The number of carboxylic acid groups (broad SMARTS) is 1. The molecule has 0 aliphatic carbocycles. The number of pyridine rings is 1. The largest absolute Gasteiger partial charge is 0.465 e. The molecule has 0 saturated carbocycles. The maximum atomic E-state index is 12.6. The van der Waals surface area contributed by atoms with E-state index in [1.165, 1.54) is 0 Å². The van der Waals surface area contributed by atoms with E-state index in [0.717, 1.165) is 11.1 Å². The third kappa shape index (κ3) is 4.86. The minimum Gasteiger partial charge on any atom is -0.465 e. The number of halogens is 2. The molecule has 0 fully saturated rings. The fraction of sp³-hybridized carbons (Fsp3) is 0.158. The highest BCUT2D eigenvalue weighted by atomic mass is 19.3. The van der Waals surface area contributed by atoms with Crippen molar-refractivity contribution in [3.05, 3.63) is 65.9 Å². The zero-order valence-electron chi connectivity index (χ0n) is 15.8. The van der Waals surface area contributed by atoms with Crippen molar-refractivity contribution in [2.45, 2.75) is 19.5 Å². The predicted molar refractivity (Wildman–Crippen MR) is 102 cm³/mol. The minimum atomic E-state index is -2.81. The molecule has 0 unspecified atom stereocenters. The van der Waals surface area contributed by atoms with Crippen LogP contribution in [0.5, 0.6) is 0 Å². The van der Waals surface area contributed by atoms with E-state index < -0.39 is 18.4 Å². The lowest BCUT2D eigenvalue weighted by atomic mass is 10.1. The second-order valence-corrected chi connectivity index (χ2v) is 6.44. The number of nitrogens with zero attached hydrogens (tertiary/aromatic N) is 6. The van der Waals surface area contributed by atoms with Gasteiger partial charge in [0.05, 0.1) is 25.0 Å². The van der Waals surface area contributed by atoms with Gasteiger partial charge in [0.2, 0.25) is 5.89 Å². The fourth-order valence-corrected chi connectivity index (χ4v) is 2.73. The standard InChI is InChI=1S/C19H15F2N7O3/c20-16(21)18-26-25-17(31-18)12-3-1-11(2-4-12)9-28-10-15(24-27-28)13-5-6-14(22-7-13)8-23-19(29)30/h1-7,10,16,23H,8-9H2,(H,29,30). The van der Waals surface area contributed by atoms with Gasteiger partial charge in [-0.25, -0.2) is 9.48 Å². The van der Waals surface area contributed by atoms with Crippen LogP contribution in [0, 0.1) is 0 Å². The van der Waals surface area contributed by atoms with Crippen molar-refractivity contribution in [2.75, 3.05) is 0 Å². The topological polar surface area (TPSA) is 132 Å². The van der Waals surface area contributed by atoms with E-state index in [1.54, 1.807) is 53.5 Å². The van der Waals surface area contributed by atoms with Crippen LogP contribution in [0.1, 0.15) is 23.6 Å². The number of nitrogens with one attached hydrogen (secondary N) is 1. The lowest BCUT2D eigenvalue weighted by Gasteiger charge is -2.02. The molecule has 3 heterocycles. The molecular weight excluding hydrogens is 412 g/mol. The van der Waals surface area contributed by atoms with Crippen molar-refractivity contribution in [2.24, 2.45) is 0 Å². The number of aromatic nitrogens is 6. The molecule has 0 saturated heterocycles. The first-order valence-corrected chi connectivity index (χ1v) is 9.01. The Balaban J connectivity index is 1.41. The smallest absolute Gasteiger partial charge is 0.404 e. The summed E-state index contributed by atoms with van der Waals surface area (Å²) in [7, 11) is 0. The van der Waals surface area contributed by atoms with E-state index in [-0.39, 0.29) is 12.4 Å². The summed E-state index contributed by atoms with van der Waals surface area (Å²) in [5.41, 5.74) is 3.38. The highest BCUT2D eigenvalue weighted by molar-refractivity contribution is 5.64. The maximum absolute atomic E-state index is 12.6. The highest BCUT2D eigenvalue weighted by Gasteiger charge is 2.17. The van der Waals surface area contributed by atoms with E-state index in [4.69, 9.17) is 9.52 Å². The second-order valence-electron chi connectivity index (χ2n) is 6.44. The van der Waals surface area contributed by atoms with Crippen LogP contribution in [0.4, 0.5) is 13.6 Å². The van der Waals surface area contributed by atoms with Gasteiger partial charge in [-0.1, -0.05) is 17.3 Å². The van der Waals surface area contributed by atoms with E-state index in [1.807, 2.05) is 0 Å². The molecule has 1 aromatic carbocycles. The monoisotopic (exact) mass is 427 g/mol. The Kier molecular flexibility index (Phi) is 5.60. The third-order valence-electron chi connectivity index (χ3n) is 4.25. The molecule has 12 heteroatoms. The van der Waals surface area contributed by atoms with Gasteiger partial charge in [0.25, 0.3) is 5.89 Å². The van der Waals surface area contributed by atoms with Crippen LogP contribution in [-0.2, 0) is 13.1 Å². The average molecular weight is 427 g/mol. The summed E-state index contributed by atoms with van der Waals surface area (Å²) < 4.78 is 31.7. The molecule has 3 aromatic heterocycles. The average Bonchev–Trinajstić information content (AvgIpc) is 3.43. The Morgan fingerprint density at radius 3 is 2.52 bits per heavy atom. The van der Waals surface area contributed by atoms with Gasteiger partial charge in [-0.3, -0.25) is 4.98 Å². The number of alkyl halides is 2. The van der Waals surface area contributed by atoms with Crippen LogP contribution < -0.4 is 5.32 Å². The number of hydrogen-bond acceptors (Lipinski definition) is 7. The van der Waals surface area contributed by atoms with Crippen LogP contribution >= 0.6 is 0 Å². The Labute approximate surface area is 173 Å². The number of benzene rings is 1. The van der Waals surface area contributed by atoms with Gasteiger partial charge < -0.3 is 14.8 Å². The molecule has 1 amide bonds. The number of amides is 1. The molecule has 4 rings (SSSR count). The van der Waals surface area contributed by atoms with Crippen molar-refractivity contribution in [3.63, 3.8) is 0 Å². The first kappa shape index (κ1) is 20.1. The summed E-state index contributed by atoms with van der Waals surface area (Å²) in [6.45, 7) is 0.554. The molecule has 0 radical (unpaired) electrons. The van der Waals surface area contributed by atoms with E-state index in [9.17, 15) is 13.6 Å². The lowest BCUT2D eigenvalue weighted by Crippen LogP contribution is -2.20. The molecule has 10 nitrogen and oxygen atoms in total. The maximum Gasteiger partial charge on any atom is 0.404 e. The molecule has 158 valence electrons. The summed E-state index contributed by atoms with van der Waals surface area (Å²) >= 11 is 0. The van der Waals surface area contributed by atoms with E-state index >= 15 is 0 Å². The van der Waals surface area contributed by atoms with Gasteiger partial charge in [0.15, 0.2) is 0 Å². The van der Waals surface area contributed by atoms with Crippen LogP contribution in [0.2, 0.25) is 0 Å². The molecule has 0 bridgehead atoms. The lowest BCUT2D eigenvalue weighted by molar-refractivity contribution is 0.116. The van der Waals surface area contributed by atoms with Crippen molar-refractivity contribution in [3.8, 4) is 22.7 Å². The molecule has 2 N–H and O–H groups in total. The quantitative estimate of drug-likeness (QED) is 0.460. The SMILES string of the molecule is O=C(O)NCc1ccc(-c2cn(Cc3ccc(-c4nnc(C(F)F)o4)cc3)nn2)cn1. The molecule has 0 aliphatic rings. The fourth-order valence-electron chi connectivity index (χ4n) is 2.73. The number of carbonyl (C=O) groups is 1. The van der Waals surface area contributed by atoms with Gasteiger partial charge in [-0.15, -0.1) is 15.3 Å². The van der Waals surface area contributed by atoms with Gasteiger partial charge >= 0.3 is 12.5 Å². The van der Waals surface area contributed by atoms with Gasteiger partial charge in [0.1, 0.15) is 5.69 Å². The summed E-state index contributed by atoms with van der Waals surface area (Å²) in [6, 6.07) is 10.5. The van der Waals surface area contributed by atoms with Crippen LogP contribution in [0.15, 0.2) is 53.2 Å². The summed E-state index contributed by atoms with van der Waals surface area (Å²) in [4.78, 5) is 14.7. The highest BCUT2D eigenvalue weighted by Crippen LogP contribution is 2.23. The third-order valence-corrected chi connectivity index (χ3v) is 4.25. The van der Waals surface area contributed by atoms with Crippen molar-refractivity contribution < 1.29 is 23.1 Å². The first-order valence-electron chi connectivity index (χ1n) is 9.01. The first-order chi connectivity index (χ1) is 15.0. The van der Waals surface area contributed by atoms with E-state index in [0.29, 0.717) is 23.5 Å². The Morgan fingerprint density at radius 1 is 1.10 bits per heavy atom. The van der Waals surface area contributed by atoms with Crippen LogP contribution in [-0.4, -0.2) is 41.4 Å². The predicted octanol–water partition coefficient (Wildman–Crippen LogP) is 3.14.